The van der Waals surface area contributed by atoms with Crippen molar-refractivity contribution in [1.82, 2.24) is 10.2 Å². The van der Waals surface area contributed by atoms with E-state index in [1.54, 1.807) is 0 Å². The highest BCUT2D eigenvalue weighted by Gasteiger charge is 2.27. The van der Waals surface area contributed by atoms with Crippen molar-refractivity contribution >= 4 is 0 Å². The number of hydrogen-bond donors (Lipinski definition) is 1. The Morgan fingerprint density at radius 1 is 1.33 bits per heavy atom. The average Bonchev–Trinajstić information content (AvgIpc) is 2.40. The third kappa shape index (κ3) is 3.32. The van der Waals surface area contributed by atoms with Crippen LogP contribution in [0.4, 0.5) is 0 Å². The lowest BCUT2D eigenvalue weighted by molar-refractivity contribution is 0.190. The van der Waals surface area contributed by atoms with Crippen molar-refractivity contribution in [2.75, 3.05) is 26.2 Å². The Bertz CT molecular complexity index is 396. The lowest BCUT2D eigenvalue weighted by Crippen LogP contribution is -2.48. The molecule has 0 saturated carbocycles. The number of likely N-dealkylation sites (N-methyl/N-ethyl adjacent to an activating group) is 1. The van der Waals surface area contributed by atoms with E-state index in [0.29, 0.717) is 18.5 Å². The van der Waals surface area contributed by atoms with Crippen LogP contribution >= 0.6 is 0 Å². The van der Waals surface area contributed by atoms with Gasteiger partial charge in [0.15, 0.2) is 0 Å². The number of piperidine rings is 1. The van der Waals surface area contributed by atoms with Gasteiger partial charge in [-0.25, -0.2) is 0 Å². The smallest absolute Gasteiger partial charge is 0.0866 e. The summed E-state index contributed by atoms with van der Waals surface area (Å²) in [6.07, 6.45) is 1.17. The number of benzene rings is 1. The van der Waals surface area contributed by atoms with Crippen molar-refractivity contribution in [2.45, 2.75) is 25.3 Å². The second-order valence-corrected chi connectivity index (χ2v) is 4.95. The van der Waals surface area contributed by atoms with Crippen LogP contribution in [-0.2, 0) is 0 Å². The zero-order chi connectivity index (χ0) is 12.8. The highest BCUT2D eigenvalue weighted by atomic mass is 15.2. The van der Waals surface area contributed by atoms with Crippen LogP contribution in [0.1, 0.15) is 24.8 Å². The molecule has 0 radical (unpaired) electrons. The molecule has 1 aromatic carbocycles. The minimum absolute atomic E-state index is 0.502. The summed E-state index contributed by atoms with van der Waals surface area (Å²) in [5.74, 6) is 0.539. The molecule has 1 heterocycles. The molecule has 1 aliphatic rings. The first kappa shape index (κ1) is 13.1. The molecule has 1 saturated heterocycles. The second kappa shape index (κ2) is 6.53. The molecule has 96 valence electrons. The Hall–Kier alpha value is -1.37. The fraction of sp³-hybridized carbons (Fsp3) is 0.533. The first-order valence-electron chi connectivity index (χ1n) is 6.71. The average molecular weight is 243 g/mol. The van der Waals surface area contributed by atoms with E-state index in [1.807, 2.05) is 0 Å². The summed E-state index contributed by atoms with van der Waals surface area (Å²) in [7, 11) is 0. The van der Waals surface area contributed by atoms with Crippen molar-refractivity contribution in [3.05, 3.63) is 35.9 Å². The molecule has 0 aromatic heterocycles. The highest BCUT2D eigenvalue weighted by Crippen LogP contribution is 2.26. The van der Waals surface area contributed by atoms with Gasteiger partial charge in [0, 0.05) is 19.1 Å². The Morgan fingerprint density at radius 3 is 2.78 bits per heavy atom. The normalized spacial score (nSPS) is 24.7. The number of likely N-dealkylation sites (tertiary alicyclic amines) is 1. The van der Waals surface area contributed by atoms with Gasteiger partial charge in [0.25, 0.3) is 0 Å². The molecule has 2 atom stereocenters. The van der Waals surface area contributed by atoms with E-state index >= 15 is 0 Å². The summed E-state index contributed by atoms with van der Waals surface area (Å²) in [4.78, 5) is 2.26. The Labute approximate surface area is 109 Å². The van der Waals surface area contributed by atoms with Gasteiger partial charge in [-0.2, -0.15) is 5.26 Å². The molecule has 1 N–H and O–H groups in total. The van der Waals surface area contributed by atoms with Crippen LogP contribution in [0.5, 0.6) is 0 Å². The van der Waals surface area contributed by atoms with Gasteiger partial charge in [-0.3, -0.25) is 4.90 Å². The number of hydrogen-bond acceptors (Lipinski definition) is 3. The predicted molar refractivity (Wildman–Crippen MR) is 73.3 cm³/mol. The van der Waals surface area contributed by atoms with Gasteiger partial charge in [0.2, 0.25) is 0 Å². The molecule has 0 bridgehead atoms. The van der Waals surface area contributed by atoms with Gasteiger partial charge in [-0.05, 0) is 24.4 Å². The standard InChI is InChI=1S/C15H21N3/c1-2-17-15-10-14(11-18(12-15)9-8-16)13-6-4-3-5-7-13/h3-7,14-15,17H,2,9-12H2,1H3. The lowest BCUT2D eigenvalue weighted by atomic mass is 9.88. The minimum atomic E-state index is 0.502. The largest absolute Gasteiger partial charge is 0.313 e. The first-order valence-corrected chi connectivity index (χ1v) is 6.71. The van der Waals surface area contributed by atoms with Crippen LogP contribution in [0, 0.1) is 11.3 Å². The quantitative estimate of drug-likeness (QED) is 0.822. The van der Waals surface area contributed by atoms with Gasteiger partial charge in [0.05, 0.1) is 12.6 Å². The molecule has 0 amide bonds. The SMILES string of the molecule is CCNC1CC(c2ccccc2)CN(CC#N)C1. The van der Waals surface area contributed by atoms with Crippen molar-refractivity contribution < 1.29 is 0 Å². The monoisotopic (exact) mass is 243 g/mol. The minimum Gasteiger partial charge on any atom is -0.313 e. The number of rotatable bonds is 4. The predicted octanol–water partition coefficient (Wildman–Crippen LogP) is 1.98. The molecule has 1 aromatic rings. The number of nitriles is 1. The molecule has 0 spiro atoms. The van der Waals surface area contributed by atoms with Crippen molar-refractivity contribution in [2.24, 2.45) is 0 Å². The van der Waals surface area contributed by atoms with Crippen LogP contribution in [0.25, 0.3) is 0 Å². The summed E-state index contributed by atoms with van der Waals surface area (Å²) in [5.41, 5.74) is 1.39. The van der Waals surface area contributed by atoms with Gasteiger partial charge >= 0.3 is 0 Å². The van der Waals surface area contributed by atoms with Gasteiger partial charge < -0.3 is 5.32 Å². The maximum absolute atomic E-state index is 8.88. The van der Waals surface area contributed by atoms with E-state index in [-0.39, 0.29) is 0 Å². The van der Waals surface area contributed by atoms with Gasteiger partial charge in [-0.15, -0.1) is 0 Å². The summed E-state index contributed by atoms with van der Waals surface area (Å²) in [5, 5.41) is 12.4. The summed E-state index contributed by atoms with van der Waals surface area (Å²) >= 11 is 0. The van der Waals surface area contributed by atoms with Crippen LogP contribution in [0.3, 0.4) is 0 Å². The number of nitrogens with zero attached hydrogens (tertiary/aromatic N) is 2. The van der Waals surface area contributed by atoms with E-state index in [0.717, 1.165) is 19.6 Å². The third-order valence-corrected chi connectivity index (χ3v) is 3.58. The highest BCUT2D eigenvalue weighted by molar-refractivity contribution is 5.21. The summed E-state index contributed by atoms with van der Waals surface area (Å²) in [6.45, 7) is 5.66. The van der Waals surface area contributed by atoms with Crippen LogP contribution in [0.15, 0.2) is 30.3 Å². The molecule has 2 unspecified atom stereocenters. The molecule has 2 rings (SSSR count). The van der Waals surface area contributed by atoms with E-state index < -0.39 is 0 Å². The molecule has 3 nitrogen and oxygen atoms in total. The zero-order valence-corrected chi connectivity index (χ0v) is 11.0. The molecule has 0 aliphatic carbocycles. The first-order chi connectivity index (χ1) is 8.83. The zero-order valence-electron chi connectivity index (χ0n) is 11.0. The van der Waals surface area contributed by atoms with E-state index in [4.69, 9.17) is 5.26 Å². The second-order valence-electron chi connectivity index (χ2n) is 4.95. The van der Waals surface area contributed by atoms with E-state index in [2.05, 4.69) is 53.5 Å². The van der Waals surface area contributed by atoms with Crippen LogP contribution in [-0.4, -0.2) is 37.1 Å². The van der Waals surface area contributed by atoms with Gasteiger partial charge in [-0.1, -0.05) is 37.3 Å². The van der Waals surface area contributed by atoms with Crippen LogP contribution < -0.4 is 5.32 Å². The van der Waals surface area contributed by atoms with Gasteiger partial charge in [0.1, 0.15) is 0 Å². The number of nitrogens with one attached hydrogen (secondary N) is 1. The van der Waals surface area contributed by atoms with Crippen molar-refractivity contribution in [3.63, 3.8) is 0 Å². The van der Waals surface area contributed by atoms with Crippen molar-refractivity contribution in [1.29, 1.82) is 5.26 Å². The maximum atomic E-state index is 8.88. The Balaban J connectivity index is 2.07. The molecular weight excluding hydrogens is 222 g/mol. The molecule has 3 heteroatoms. The maximum Gasteiger partial charge on any atom is 0.0866 e. The van der Waals surface area contributed by atoms with E-state index in [9.17, 15) is 0 Å². The van der Waals surface area contributed by atoms with E-state index in [1.165, 1.54) is 12.0 Å². The third-order valence-electron chi connectivity index (χ3n) is 3.58. The fourth-order valence-corrected chi connectivity index (χ4v) is 2.82. The molecule has 18 heavy (non-hydrogen) atoms. The van der Waals surface area contributed by atoms with Crippen LogP contribution in [0.2, 0.25) is 0 Å². The molecule has 1 fully saturated rings. The fourth-order valence-electron chi connectivity index (χ4n) is 2.82. The lowest BCUT2D eigenvalue weighted by Gasteiger charge is -2.37. The molecular formula is C15H21N3. The Morgan fingerprint density at radius 2 is 2.11 bits per heavy atom. The van der Waals surface area contributed by atoms with Crippen molar-refractivity contribution in [3.8, 4) is 6.07 Å². The summed E-state index contributed by atoms with van der Waals surface area (Å²) < 4.78 is 0. The Kier molecular flexibility index (Phi) is 4.74. The summed E-state index contributed by atoms with van der Waals surface area (Å²) in [6, 6.07) is 13.4. The topological polar surface area (TPSA) is 39.1 Å². The molecule has 1 aliphatic heterocycles.